The van der Waals surface area contributed by atoms with Gasteiger partial charge in [-0.1, -0.05) is 0 Å². The fourth-order valence-electron chi connectivity index (χ4n) is 1.23. The lowest BCUT2D eigenvalue weighted by Crippen LogP contribution is -1.96. The maximum Gasteiger partial charge on any atom is 0.153 e. The molecule has 0 bridgehead atoms. The van der Waals surface area contributed by atoms with E-state index in [1.807, 2.05) is 22.7 Å². The molecule has 0 aliphatic rings. The van der Waals surface area contributed by atoms with Gasteiger partial charge < -0.3 is 0 Å². The average Bonchev–Trinajstić information content (AvgIpc) is 2.43. The Morgan fingerprint density at radius 2 is 1.67 bits per heavy atom. The molecule has 0 aromatic carbocycles. The lowest BCUT2D eigenvalue weighted by Gasteiger charge is -1.86. The molecule has 0 aliphatic carbocycles. The highest BCUT2D eigenvalue weighted by molar-refractivity contribution is 9.11. The topological polar surface area (TPSA) is 0 Å². The zero-order chi connectivity index (χ0) is 8.88. The van der Waals surface area contributed by atoms with Gasteiger partial charge in [-0.25, -0.2) is 0 Å². The minimum Gasteiger partial charge on any atom is -0.150 e. The largest absolute Gasteiger partial charge is 0.153 e. The van der Waals surface area contributed by atoms with E-state index in [4.69, 9.17) is 0 Å². The first-order valence-electron chi connectivity index (χ1n) is 3.76. The first kappa shape index (κ1) is 8.79. The average molecular weight is 259 g/mol. The lowest BCUT2D eigenvalue weighted by atomic mass is 10.0. The van der Waals surface area contributed by atoms with Gasteiger partial charge in [-0.2, -0.15) is 0 Å². The molecular formula is C8H8BBrS2. The van der Waals surface area contributed by atoms with Crippen LogP contribution in [0.1, 0.15) is 11.1 Å². The van der Waals surface area contributed by atoms with Gasteiger partial charge in [0.1, 0.15) is 0 Å². The third kappa shape index (κ3) is 1.09. The first-order chi connectivity index (χ1) is 5.61. The Bertz CT molecular complexity index is 399. The molecule has 0 amide bonds. The van der Waals surface area contributed by atoms with Crippen LogP contribution in [0.25, 0.3) is 9.40 Å². The number of fused-ring (bicyclic) bond motifs is 1. The van der Waals surface area contributed by atoms with E-state index in [1.165, 1.54) is 29.1 Å². The van der Waals surface area contributed by atoms with Crippen LogP contribution in [-0.4, -0.2) is 7.85 Å². The van der Waals surface area contributed by atoms with Crippen LogP contribution in [0.4, 0.5) is 0 Å². The van der Waals surface area contributed by atoms with Crippen molar-refractivity contribution >= 4 is 60.6 Å². The third-order valence-electron chi connectivity index (χ3n) is 2.16. The van der Waals surface area contributed by atoms with Crippen LogP contribution in [-0.2, 0) is 0 Å². The van der Waals surface area contributed by atoms with Crippen molar-refractivity contribution in [2.45, 2.75) is 13.8 Å². The molecule has 2 aromatic heterocycles. The summed E-state index contributed by atoms with van der Waals surface area (Å²) in [6.07, 6.45) is 0. The highest BCUT2D eigenvalue weighted by Crippen LogP contribution is 2.38. The van der Waals surface area contributed by atoms with Crippen LogP contribution in [0.2, 0.25) is 0 Å². The summed E-state index contributed by atoms with van der Waals surface area (Å²) in [6, 6.07) is 0. The number of hydrogen-bond acceptors (Lipinski definition) is 2. The number of thiophene rings is 2. The van der Waals surface area contributed by atoms with Crippen LogP contribution in [0.3, 0.4) is 0 Å². The van der Waals surface area contributed by atoms with E-state index in [0.717, 1.165) is 0 Å². The molecule has 0 saturated heterocycles. The van der Waals surface area contributed by atoms with E-state index in [0.29, 0.717) is 0 Å². The summed E-state index contributed by atoms with van der Waals surface area (Å²) in [5.41, 5.74) is 2.85. The van der Waals surface area contributed by atoms with Crippen molar-refractivity contribution in [3.63, 3.8) is 0 Å². The fraction of sp³-hybridized carbons (Fsp3) is 0.250. The van der Waals surface area contributed by atoms with Gasteiger partial charge in [0.15, 0.2) is 7.85 Å². The van der Waals surface area contributed by atoms with Crippen LogP contribution in [0.15, 0.2) is 3.79 Å². The molecule has 0 atom stereocenters. The van der Waals surface area contributed by atoms with Crippen molar-refractivity contribution in [1.82, 2.24) is 0 Å². The van der Waals surface area contributed by atoms with E-state index in [9.17, 15) is 0 Å². The second-order valence-electron chi connectivity index (χ2n) is 2.94. The van der Waals surface area contributed by atoms with E-state index < -0.39 is 0 Å². The molecular weight excluding hydrogens is 251 g/mol. The van der Waals surface area contributed by atoms with Gasteiger partial charge in [-0.3, -0.25) is 0 Å². The molecule has 0 aliphatic heterocycles. The SMILES string of the molecule is Bc1sc2c(C)c(Br)sc2c1C. The van der Waals surface area contributed by atoms with Crippen molar-refractivity contribution in [2.75, 3.05) is 0 Å². The van der Waals surface area contributed by atoms with Gasteiger partial charge in [0, 0.05) is 9.40 Å². The molecule has 0 nitrogen and oxygen atoms in total. The monoisotopic (exact) mass is 258 g/mol. The summed E-state index contributed by atoms with van der Waals surface area (Å²) < 4.78 is 5.66. The van der Waals surface area contributed by atoms with Crippen molar-refractivity contribution in [2.24, 2.45) is 0 Å². The second-order valence-corrected chi connectivity index (χ2v) is 6.51. The zero-order valence-corrected chi connectivity index (χ0v) is 10.4. The Kier molecular flexibility index (Phi) is 2.09. The molecule has 2 rings (SSSR count). The zero-order valence-electron chi connectivity index (χ0n) is 7.19. The minimum atomic E-state index is 1.28. The Morgan fingerprint density at radius 3 is 2.25 bits per heavy atom. The first-order valence-corrected chi connectivity index (χ1v) is 6.18. The summed E-state index contributed by atoms with van der Waals surface area (Å²) in [7, 11) is 2.19. The fourth-order valence-corrected chi connectivity index (χ4v) is 4.47. The van der Waals surface area contributed by atoms with Crippen LogP contribution >= 0.6 is 38.6 Å². The maximum absolute atomic E-state index is 3.57. The molecule has 0 spiro atoms. The summed E-state index contributed by atoms with van der Waals surface area (Å²) in [5, 5.41) is 0. The molecule has 2 heterocycles. The highest BCUT2D eigenvalue weighted by Gasteiger charge is 2.11. The quantitative estimate of drug-likeness (QED) is 0.638. The molecule has 0 saturated carbocycles. The van der Waals surface area contributed by atoms with Gasteiger partial charge in [0.25, 0.3) is 0 Å². The van der Waals surface area contributed by atoms with E-state index >= 15 is 0 Å². The van der Waals surface area contributed by atoms with Crippen molar-refractivity contribution in [3.05, 3.63) is 14.9 Å². The molecule has 0 radical (unpaired) electrons. The normalized spacial score (nSPS) is 11.2. The summed E-state index contributed by atoms with van der Waals surface area (Å²) in [6.45, 7) is 4.38. The van der Waals surface area contributed by atoms with Crippen LogP contribution in [0, 0.1) is 13.8 Å². The standard InChI is InChI=1S/C8H8BBrS2/c1-3-5-6(11-7(3)9)4(2)8(10)12-5/h9H2,1-2H3. The van der Waals surface area contributed by atoms with Gasteiger partial charge in [-0.15, -0.1) is 22.7 Å². The number of rotatable bonds is 0. The Hall–Kier alpha value is 0.205. The van der Waals surface area contributed by atoms with E-state index in [1.54, 1.807) is 0 Å². The summed E-state index contributed by atoms with van der Waals surface area (Å²) in [5.74, 6) is 0. The predicted octanol–water partition coefficient (Wildman–Crippen LogP) is 2.60. The van der Waals surface area contributed by atoms with Crippen LogP contribution in [0.5, 0.6) is 0 Å². The predicted molar refractivity (Wildman–Crippen MR) is 65.1 cm³/mol. The number of aryl methyl sites for hydroxylation is 2. The van der Waals surface area contributed by atoms with Gasteiger partial charge in [0.2, 0.25) is 0 Å². The molecule has 62 valence electrons. The minimum absolute atomic E-state index is 1.28. The van der Waals surface area contributed by atoms with Gasteiger partial charge >= 0.3 is 0 Å². The molecule has 4 heteroatoms. The van der Waals surface area contributed by atoms with Crippen molar-refractivity contribution in [3.8, 4) is 0 Å². The number of hydrogen-bond donors (Lipinski definition) is 0. The highest BCUT2D eigenvalue weighted by atomic mass is 79.9. The van der Waals surface area contributed by atoms with Gasteiger partial charge in [-0.05, 0) is 45.7 Å². The van der Waals surface area contributed by atoms with E-state index in [-0.39, 0.29) is 0 Å². The molecule has 0 fully saturated rings. The van der Waals surface area contributed by atoms with Crippen LogP contribution < -0.4 is 4.78 Å². The molecule has 0 unspecified atom stereocenters. The Balaban J connectivity index is 2.93. The third-order valence-corrected chi connectivity index (χ3v) is 5.89. The van der Waals surface area contributed by atoms with Crippen molar-refractivity contribution < 1.29 is 0 Å². The molecule has 2 aromatic rings. The second kappa shape index (κ2) is 2.86. The lowest BCUT2D eigenvalue weighted by molar-refractivity contribution is 1.59. The summed E-state index contributed by atoms with van der Waals surface area (Å²) >= 11 is 7.33. The number of halogens is 1. The smallest absolute Gasteiger partial charge is 0.150 e. The Morgan fingerprint density at radius 1 is 1.08 bits per heavy atom. The maximum atomic E-state index is 3.57. The van der Waals surface area contributed by atoms with Gasteiger partial charge in [0.05, 0.1) is 3.79 Å². The Labute approximate surface area is 89.1 Å². The molecule has 0 N–H and O–H groups in total. The molecule has 12 heavy (non-hydrogen) atoms. The van der Waals surface area contributed by atoms with E-state index in [2.05, 4.69) is 37.6 Å². The summed E-state index contributed by atoms with van der Waals surface area (Å²) in [4.78, 5) is 0. The van der Waals surface area contributed by atoms with Crippen molar-refractivity contribution in [1.29, 1.82) is 0 Å².